The molecule has 25 heavy (non-hydrogen) atoms. The van der Waals surface area contributed by atoms with Crippen molar-refractivity contribution in [1.82, 2.24) is 4.90 Å². The SMILES string of the molecule is C[C@]1(O)CN(C(=O)OCc2ccccc2)CC[C@H]1Nc1ccccc1. The van der Waals surface area contributed by atoms with Gasteiger partial charge in [0.05, 0.1) is 18.2 Å². The minimum Gasteiger partial charge on any atom is -0.445 e. The number of likely N-dealkylation sites (tertiary alicyclic amines) is 1. The zero-order valence-electron chi connectivity index (χ0n) is 14.4. The number of anilines is 1. The van der Waals surface area contributed by atoms with Gasteiger partial charge < -0.3 is 20.1 Å². The van der Waals surface area contributed by atoms with E-state index in [4.69, 9.17) is 4.74 Å². The molecule has 1 amide bonds. The van der Waals surface area contributed by atoms with Crippen molar-refractivity contribution < 1.29 is 14.6 Å². The van der Waals surface area contributed by atoms with E-state index in [1.54, 1.807) is 11.8 Å². The van der Waals surface area contributed by atoms with E-state index in [9.17, 15) is 9.90 Å². The summed E-state index contributed by atoms with van der Waals surface area (Å²) >= 11 is 0. The largest absolute Gasteiger partial charge is 0.445 e. The number of ether oxygens (including phenoxy) is 1. The number of amides is 1. The Bertz CT molecular complexity index is 689. The van der Waals surface area contributed by atoms with E-state index in [1.165, 1.54) is 0 Å². The van der Waals surface area contributed by atoms with Crippen LogP contribution in [0.25, 0.3) is 0 Å². The van der Waals surface area contributed by atoms with E-state index in [1.807, 2.05) is 60.7 Å². The molecule has 1 saturated heterocycles. The molecule has 0 aliphatic carbocycles. The minimum atomic E-state index is -1.03. The molecule has 1 aliphatic rings. The fourth-order valence-electron chi connectivity index (χ4n) is 3.10. The summed E-state index contributed by atoms with van der Waals surface area (Å²) in [4.78, 5) is 13.9. The molecule has 132 valence electrons. The third kappa shape index (κ3) is 4.51. The quantitative estimate of drug-likeness (QED) is 0.897. The lowest BCUT2D eigenvalue weighted by molar-refractivity contribution is -0.0259. The van der Waals surface area contributed by atoms with Crippen LogP contribution in [0.4, 0.5) is 10.5 Å². The molecule has 1 heterocycles. The van der Waals surface area contributed by atoms with E-state index in [2.05, 4.69) is 5.32 Å². The first kappa shape index (κ1) is 17.3. The van der Waals surface area contributed by atoms with Crippen LogP contribution in [0.3, 0.4) is 0 Å². The maximum Gasteiger partial charge on any atom is 0.410 e. The average molecular weight is 340 g/mol. The number of carbonyl (C=O) groups is 1. The van der Waals surface area contributed by atoms with Crippen LogP contribution in [0, 0.1) is 0 Å². The van der Waals surface area contributed by atoms with Crippen molar-refractivity contribution in [3.8, 4) is 0 Å². The Morgan fingerprint density at radius 1 is 1.20 bits per heavy atom. The highest BCUT2D eigenvalue weighted by molar-refractivity contribution is 5.68. The van der Waals surface area contributed by atoms with Crippen molar-refractivity contribution in [1.29, 1.82) is 0 Å². The standard InChI is InChI=1S/C20H24N2O3/c1-20(24)15-22(19(23)25-14-16-8-4-2-5-9-16)13-12-18(20)21-17-10-6-3-7-11-17/h2-11,18,21,24H,12-15H2,1H3/t18-,20+/m1/s1. The molecule has 2 N–H and O–H groups in total. The molecule has 0 saturated carbocycles. The molecule has 0 unspecified atom stereocenters. The maximum atomic E-state index is 12.3. The number of aliphatic hydroxyl groups is 1. The molecule has 5 nitrogen and oxygen atoms in total. The van der Waals surface area contributed by atoms with E-state index in [0.717, 1.165) is 11.3 Å². The molecule has 1 fully saturated rings. The van der Waals surface area contributed by atoms with Gasteiger partial charge in [0.15, 0.2) is 0 Å². The Kier molecular flexibility index (Phi) is 5.24. The van der Waals surface area contributed by atoms with Crippen LogP contribution in [0.1, 0.15) is 18.9 Å². The Hall–Kier alpha value is -2.53. The number of nitrogens with one attached hydrogen (secondary N) is 1. The van der Waals surface area contributed by atoms with Crippen LogP contribution < -0.4 is 5.32 Å². The van der Waals surface area contributed by atoms with Crippen molar-refractivity contribution in [3.05, 3.63) is 66.2 Å². The summed E-state index contributed by atoms with van der Waals surface area (Å²) in [6, 6.07) is 19.3. The zero-order valence-corrected chi connectivity index (χ0v) is 14.4. The second-order valence-corrected chi connectivity index (χ2v) is 6.67. The van der Waals surface area contributed by atoms with Crippen LogP contribution in [-0.4, -0.2) is 40.8 Å². The predicted molar refractivity (Wildman–Crippen MR) is 97.3 cm³/mol. The molecule has 1 aliphatic heterocycles. The Labute approximate surface area is 148 Å². The van der Waals surface area contributed by atoms with Gasteiger partial charge >= 0.3 is 6.09 Å². The second kappa shape index (κ2) is 7.57. The zero-order chi connectivity index (χ0) is 17.7. The van der Waals surface area contributed by atoms with Gasteiger partial charge in [-0.05, 0) is 31.0 Å². The lowest BCUT2D eigenvalue weighted by Crippen LogP contribution is -2.59. The van der Waals surface area contributed by atoms with Gasteiger partial charge in [0, 0.05) is 12.2 Å². The van der Waals surface area contributed by atoms with Gasteiger partial charge in [-0.1, -0.05) is 48.5 Å². The van der Waals surface area contributed by atoms with Crippen molar-refractivity contribution in [2.75, 3.05) is 18.4 Å². The average Bonchev–Trinajstić information content (AvgIpc) is 2.63. The summed E-state index contributed by atoms with van der Waals surface area (Å²) in [5, 5.41) is 14.1. The predicted octanol–water partition coefficient (Wildman–Crippen LogP) is 3.26. The summed E-state index contributed by atoms with van der Waals surface area (Å²) in [6.07, 6.45) is 0.268. The Morgan fingerprint density at radius 2 is 1.84 bits per heavy atom. The molecule has 3 rings (SSSR count). The summed E-state index contributed by atoms with van der Waals surface area (Å²) in [5.74, 6) is 0. The Balaban J connectivity index is 1.55. The number of hydrogen-bond donors (Lipinski definition) is 2. The van der Waals surface area contributed by atoms with Crippen LogP contribution >= 0.6 is 0 Å². The van der Waals surface area contributed by atoms with Crippen molar-refractivity contribution in [2.45, 2.75) is 31.6 Å². The number of benzene rings is 2. The Morgan fingerprint density at radius 3 is 2.48 bits per heavy atom. The topological polar surface area (TPSA) is 61.8 Å². The third-order valence-corrected chi connectivity index (χ3v) is 4.53. The first-order valence-electron chi connectivity index (χ1n) is 8.54. The van der Waals surface area contributed by atoms with Crippen molar-refractivity contribution >= 4 is 11.8 Å². The molecule has 0 aromatic heterocycles. The van der Waals surface area contributed by atoms with E-state index in [0.29, 0.717) is 13.0 Å². The molecule has 2 atom stereocenters. The van der Waals surface area contributed by atoms with Gasteiger partial charge in [-0.15, -0.1) is 0 Å². The van der Waals surface area contributed by atoms with Gasteiger partial charge in [-0.25, -0.2) is 4.79 Å². The lowest BCUT2D eigenvalue weighted by atomic mass is 9.89. The number of carbonyl (C=O) groups excluding carboxylic acids is 1. The molecular formula is C20H24N2O3. The van der Waals surface area contributed by atoms with Crippen LogP contribution in [0.15, 0.2) is 60.7 Å². The first-order chi connectivity index (χ1) is 12.0. The number of piperidine rings is 1. The number of para-hydroxylation sites is 1. The van der Waals surface area contributed by atoms with E-state index >= 15 is 0 Å². The normalized spacial score (nSPS) is 23.1. The first-order valence-corrected chi connectivity index (χ1v) is 8.54. The monoisotopic (exact) mass is 340 g/mol. The molecule has 0 spiro atoms. The van der Waals surface area contributed by atoms with Gasteiger partial charge in [0.25, 0.3) is 0 Å². The van der Waals surface area contributed by atoms with Crippen LogP contribution in [-0.2, 0) is 11.3 Å². The highest BCUT2D eigenvalue weighted by Crippen LogP contribution is 2.25. The number of hydrogen-bond acceptors (Lipinski definition) is 4. The van der Waals surface area contributed by atoms with Gasteiger partial charge in [-0.3, -0.25) is 0 Å². The molecule has 0 bridgehead atoms. The summed E-state index contributed by atoms with van der Waals surface area (Å²) in [5.41, 5.74) is 0.885. The fourth-order valence-corrected chi connectivity index (χ4v) is 3.10. The molecular weight excluding hydrogens is 316 g/mol. The van der Waals surface area contributed by atoms with E-state index < -0.39 is 5.60 Å². The van der Waals surface area contributed by atoms with Crippen molar-refractivity contribution in [2.24, 2.45) is 0 Å². The van der Waals surface area contributed by atoms with Crippen LogP contribution in [0.2, 0.25) is 0 Å². The number of rotatable bonds is 4. The highest BCUT2D eigenvalue weighted by Gasteiger charge is 2.40. The van der Waals surface area contributed by atoms with Crippen LogP contribution in [0.5, 0.6) is 0 Å². The highest BCUT2D eigenvalue weighted by atomic mass is 16.6. The lowest BCUT2D eigenvalue weighted by Gasteiger charge is -2.43. The molecule has 5 heteroatoms. The number of β-amino-alcohol motifs (C(OH)–C–C–N with tert-alkyl or cyclic N) is 1. The molecule has 2 aromatic rings. The summed E-state index contributed by atoms with van der Waals surface area (Å²) in [6.45, 7) is 2.79. The van der Waals surface area contributed by atoms with Crippen molar-refractivity contribution in [3.63, 3.8) is 0 Å². The summed E-state index contributed by atoms with van der Waals surface area (Å²) in [7, 11) is 0. The second-order valence-electron chi connectivity index (χ2n) is 6.67. The fraction of sp³-hybridized carbons (Fsp3) is 0.350. The molecule has 0 radical (unpaired) electrons. The summed E-state index contributed by atoms with van der Waals surface area (Å²) < 4.78 is 5.37. The molecule has 2 aromatic carbocycles. The maximum absolute atomic E-state index is 12.3. The van der Waals surface area contributed by atoms with Gasteiger partial charge in [0.1, 0.15) is 6.61 Å². The van der Waals surface area contributed by atoms with Gasteiger partial charge in [-0.2, -0.15) is 0 Å². The third-order valence-electron chi connectivity index (χ3n) is 4.53. The smallest absolute Gasteiger partial charge is 0.410 e. The minimum absolute atomic E-state index is 0.118. The van der Waals surface area contributed by atoms with E-state index in [-0.39, 0.29) is 25.3 Å². The van der Waals surface area contributed by atoms with Gasteiger partial charge in [0.2, 0.25) is 0 Å². The number of nitrogens with zero attached hydrogens (tertiary/aromatic N) is 1.